The molecule has 0 rings (SSSR count). The van der Waals surface area contributed by atoms with E-state index in [4.69, 9.17) is 9.16 Å². The van der Waals surface area contributed by atoms with Gasteiger partial charge in [-0.3, -0.25) is 0 Å². The van der Waals surface area contributed by atoms with Crippen LogP contribution in [-0.2, 0) is 9.16 Å². The quantitative estimate of drug-likeness (QED) is 0.506. The Morgan fingerprint density at radius 2 is 1.85 bits per heavy atom. The molecule has 0 heterocycles. The zero-order chi connectivity index (χ0) is 10.5. The van der Waals surface area contributed by atoms with Crippen LogP contribution in [-0.4, -0.2) is 22.4 Å². The Bertz CT molecular complexity index is 131. The van der Waals surface area contributed by atoms with Gasteiger partial charge in [-0.1, -0.05) is 34.1 Å². The van der Waals surface area contributed by atoms with Gasteiger partial charge in [0.2, 0.25) is 0 Å². The highest BCUT2D eigenvalue weighted by molar-refractivity contribution is 6.55. The SMILES string of the molecule is CCC[SiH](OC(C)OC)C(C)(C)C. The predicted molar refractivity (Wildman–Crippen MR) is 59.5 cm³/mol. The molecule has 0 radical (unpaired) electrons. The smallest absolute Gasteiger partial charge is 0.185 e. The van der Waals surface area contributed by atoms with Crippen molar-refractivity contribution in [3.8, 4) is 0 Å². The van der Waals surface area contributed by atoms with E-state index < -0.39 is 9.04 Å². The predicted octanol–water partition coefficient (Wildman–Crippen LogP) is 2.93. The van der Waals surface area contributed by atoms with Crippen molar-refractivity contribution in [2.75, 3.05) is 7.11 Å². The summed E-state index contributed by atoms with van der Waals surface area (Å²) in [5, 5.41) is 0.336. The summed E-state index contributed by atoms with van der Waals surface area (Å²) in [5.41, 5.74) is 0. The average Bonchev–Trinajstić information content (AvgIpc) is 2.01. The Morgan fingerprint density at radius 3 is 2.15 bits per heavy atom. The van der Waals surface area contributed by atoms with Crippen LogP contribution >= 0.6 is 0 Å². The van der Waals surface area contributed by atoms with E-state index in [9.17, 15) is 0 Å². The summed E-state index contributed by atoms with van der Waals surface area (Å²) < 4.78 is 11.1. The van der Waals surface area contributed by atoms with Gasteiger partial charge in [-0.05, 0) is 18.0 Å². The van der Waals surface area contributed by atoms with E-state index in [2.05, 4.69) is 27.7 Å². The molecule has 0 amide bonds. The highest BCUT2D eigenvalue weighted by Gasteiger charge is 2.28. The zero-order valence-electron chi connectivity index (χ0n) is 9.89. The van der Waals surface area contributed by atoms with E-state index in [0.29, 0.717) is 5.04 Å². The molecule has 3 heteroatoms. The average molecular weight is 204 g/mol. The minimum absolute atomic E-state index is 0.0394. The Kier molecular flexibility index (Phi) is 5.84. The molecule has 2 unspecified atom stereocenters. The molecule has 80 valence electrons. The minimum Gasteiger partial charge on any atom is -0.395 e. The third-order valence-corrected chi connectivity index (χ3v) is 5.95. The normalized spacial score (nSPS) is 17.1. The number of rotatable bonds is 5. The van der Waals surface area contributed by atoms with Crippen molar-refractivity contribution in [2.45, 2.75) is 58.4 Å². The van der Waals surface area contributed by atoms with Gasteiger partial charge < -0.3 is 9.16 Å². The molecule has 0 bridgehead atoms. The van der Waals surface area contributed by atoms with E-state index >= 15 is 0 Å². The number of hydrogen-bond acceptors (Lipinski definition) is 2. The first kappa shape index (κ1) is 13.1. The second kappa shape index (κ2) is 5.78. The second-order valence-corrected chi connectivity index (χ2v) is 8.14. The summed E-state index contributed by atoms with van der Waals surface area (Å²) in [7, 11) is 0.577. The molecule has 0 fully saturated rings. The fourth-order valence-corrected chi connectivity index (χ4v) is 3.76. The number of ether oxygens (including phenoxy) is 1. The molecule has 13 heavy (non-hydrogen) atoms. The van der Waals surface area contributed by atoms with Gasteiger partial charge in [0.15, 0.2) is 9.04 Å². The van der Waals surface area contributed by atoms with Gasteiger partial charge in [0.1, 0.15) is 6.29 Å². The van der Waals surface area contributed by atoms with Gasteiger partial charge in [-0.25, -0.2) is 0 Å². The van der Waals surface area contributed by atoms with Crippen molar-refractivity contribution in [3.05, 3.63) is 0 Å². The third kappa shape index (κ3) is 5.44. The van der Waals surface area contributed by atoms with E-state index in [0.717, 1.165) is 0 Å². The first-order valence-electron chi connectivity index (χ1n) is 5.10. The van der Waals surface area contributed by atoms with E-state index in [1.54, 1.807) is 7.11 Å². The summed E-state index contributed by atoms with van der Waals surface area (Å²) in [5.74, 6) is 0. The van der Waals surface area contributed by atoms with Crippen molar-refractivity contribution in [2.24, 2.45) is 0 Å². The van der Waals surface area contributed by atoms with Gasteiger partial charge in [0.25, 0.3) is 0 Å². The van der Waals surface area contributed by atoms with Crippen molar-refractivity contribution in [1.29, 1.82) is 0 Å². The Morgan fingerprint density at radius 1 is 1.31 bits per heavy atom. The maximum absolute atomic E-state index is 5.92. The molecular weight excluding hydrogens is 180 g/mol. The molecular formula is C10H24O2Si. The molecule has 2 atom stereocenters. The molecule has 0 spiro atoms. The molecule has 0 aromatic rings. The molecule has 0 saturated heterocycles. The van der Waals surface area contributed by atoms with Crippen LogP contribution in [0.2, 0.25) is 11.1 Å². The largest absolute Gasteiger partial charge is 0.395 e. The summed E-state index contributed by atoms with van der Waals surface area (Å²) >= 11 is 0. The van der Waals surface area contributed by atoms with Crippen LogP contribution in [0.5, 0.6) is 0 Å². The van der Waals surface area contributed by atoms with Crippen LogP contribution < -0.4 is 0 Å². The monoisotopic (exact) mass is 204 g/mol. The van der Waals surface area contributed by atoms with Gasteiger partial charge in [-0.2, -0.15) is 0 Å². The lowest BCUT2D eigenvalue weighted by molar-refractivity contribution is -0.0440. The molecule has 0 saturated carbocycles. The highest BCUT2D eigenvalue weighted by atomic mass is 28.3. The maximum Gasteiger partial charge on any atom is 0.185 e. The fourth-order valence-electron chi connectivity index (χ4n) is 1.25. The van der Waals surface area contributed by atoms with Crippen molar-refractivity contribution >= 4 is 9.04 Å². The summed E-state index contributed by atoms with van der Waals surface area (Å²) in [6.45, 7) is 11.0. The van der Waals surface area contributed by atoms with Crippen LogP contribution in [0.3, 0.4) is 0 Å². The number of hydrogen-bond donors (Lipinski definition) is 0. The van der Waals surface area contributed by atoms with Gasteiger partial charge in [0, 0.05) is 7.11 Å². The fraction of sp³-hybridized carbons (Fsp3) is 1.00. The van der Waals surface area contributed by atoms with Crippen molar-refractivity contribution in [1.82, 2.24) is 0 Å². The van der Waals surface area contributed by atoms with Crippen LogP contribution in [0.25, 0.3) is 0 Å². The van der Waals surface area contributed by atoms with Crippen LogP contribution in [0, 0.1) is 0 Å². The second-order valence-electron chi connectivity index (χ2n) is 4.58. The highest BCUT2D eigenvalue weighted by Crippen LogP contribution is 2.31. The van der Waals surface area contributed by atoms with Crippen LogP contribution in [0.1, 0.15) is 41.0 Å². The summed E-state index contributed by atoms with van der Waals surface area (Å²) in [4.78, 5) is 0. The molecule has 0 aliphatic heterocycles. The standard InChI is InChI=1S/C10H24O2Si/c1-7-8-13(10(3,4)5)12-9(2)11-6/h9,13H,7-8H2,1-6H3. The molecule has 0 aliphatic carbocycles. The van der Waals surface area contributed by atoms with Crippen molar-refractivity contribution in [3.63, 3.8) is 0 Å². The van der Waals surface area contributed by atoms with Crippen molar-refractivity contribution < 1.29 is 9.16 Å². The first-order chi connectivity index (χ1) is 5.91. The molecule has 0 N–H and O–H groups in total. The summed E-state index contributed by atoms with van der Waals surface area (Å²) in [6, 6.07) is 1.23. The minimum atomic E-state index is -1.12. The molecule has 0 aromatic carbocycles. The Hall–Kier alpha value is 0.137. The lowest BCUT2D eigenvalue weighted by Gasteiger charge is -2.30. The number of methoxy groups -OCH3 is 1. The topological polar surface area (TPSA) is 18.5 Å². The molecule has 2 nitrogen and oxygen atoms in total. The third-order valence-electron chi connectivity index (χ3n) is 2.20. The molecule has 0 aliphatic rings. The lowest BCUT2D eigenvalue weighted by atomic mass is 10.2. The first-order valence-corrected chi connectivity index (χ1v) is 6.96. The lowest BCUT2D eigenvalue weighted by Crippen LogP contribution is -2.33. The van der Waals surface area contributed by atoms with Gasteiger partial charge >= 0.3 is 0 Å². The maximum atomic E-state index is 5.92. The van der Waals surface area contributed by atoms with E-state index in [1.807, 2.05) is 6.92 Å². The Balaban J connectivity index is 4.10. The summed E-state index contributed by atoms with van der Waals surface area (Å²) in [6.07, 6.45) is 1.17. The van der Waals surface area contributed by atoms with Gasteiger partial charge in [0.05, 0.1) is 0 Å². The zero-order valence-corrected chi connectivity index (χ0v) is 11.0. The Labute approximate surface area is 84.4 Å². The van der Waals surface area contributed by atoms with E-state index in [1.165, 1.54) is 12.5 Å². The van der Waals surface area contributed by atoms with E-state index in [-0.39, 0.29) is 6.29 Å². The van der Waals surface area contributed by atoms with Gasteiger partial charge in [-0.15, -0.1) is 0 Å². The van der Waals surface area contributed by atoms with Crippen LogP contribution in [0.15, 0.2) is 0 Å². The van der Waals surface area contributed by atoms with Crippen LogP contribution in [0.4, 0.5) is 0 Å². The molecule has 0 aromatic heterocycles.